The fourth-order valence-electron chi connectivity index (χ4n) is 2.49. The summed E-state index contributed by atoms with van der Waals surface area (Å²) in [6, 6.07) is 2.66. The van der Waals surface area contributed by atoms with Gasteiger partial charge in [-0.05, 0) is 38.3 Å². The number of esters is 1. The molecule has 0 aliphatic heterocycles. The number of carbonyl (C=O) groups is 2. The number of carbonyl (C=O) groups excluding carboxylic acids is 2. The van der Waals surface area contributed by atoms with Crippen LogP contribution in [0.4, 0.5) is 10.1 Å². The van der Waals surface area contributed by atoms with Crippen molar-refractivity contribution in [3.8, 4) is 0 Å². The van der Waals surface area contributed by atoms with Crippen LogP contribution in [0.1, 0.15) is 53.4 Å². The van der Waals surface area contributed by atoms with Crippen molar-refractivity contribution < 1.29 is 18.7 Å². The van der Waals surface area contributed by atoms with Crippen LogP contribution >= 0.6 is 23.4 Å². The quantitative estimate of drug-likeness (QED) is 0.403. The number of nitrogens with one attached hydrogen (secondary N) is 1. The SMILES string of the molecule is CCCC(Sc1cc(NC(=O)C(CC)CC)c(F)cc1Cl)C(=O)OCC. The summed E-state index contributed by atoms with van der Waals surface area (Å²) in [5.74, 6) is -1.31. The van der Waals surface area contributed by atoms with Gasteiger partial charge in [-0.2, -0.15) is 0 Å². The number of hydrogen-bond donors (Lipinski definition) is 1. The summed E-state index contributed by atoms with van der Waals surface area (Å²) >= 11 is 7.39. The molecule has 0 bridgehead atoms. The molecule has 0 aromatic heterocycles. The lowest BCUT2D eigenvalue weighted by atomic mass is 10.0. The summed E-state index contributed by atoms with van der Waals surface area (Å²) in [5.41, 5.74) is 0.0768. The van der Waals surface area contributed by atoms with E-state index in [1.807, 2.05) is 20.8 Å². The van der Waals surface area contributed by atoms with Crippen LogP contribution in [0, 0.1) is 11.7 Å². The van der Waals surface area contributed by atoms with Crippen LogP contribution in [0.2, 0.25) is 5.02 Å². The number of halogens is 2. The third-order valence-electron chi connectivity index (χ3n) is 4.01. The van der Waals surface area contributed by atoms with Gasteiger partial charge >= 0.3 is 5.97 Å². The van der Waals surface area contributed by atoms with E-state index >= 15 is 0 Å². The first-order chi connectivity index (χ1) is 12.4. The Bertz CT molecular complexity index is 623. The van der Waals surface area contributed by atoms with Crippen molar-refractivity contribution in [2.75, 3.05) is 11.9 Å². The molecule has 1 aromatic carbocycles. The Labute approximate surface area is 164 Å². The van der Waals surface area contributed by atoms with Gasteiger partial charge in [0.25, 0.3) is 0 Å². The lowest BCUT2D eigenvalue weighted by molar-refractivity contribution is -0.142. The predicted molar refractivity (Wildman–Crippen MR) is 105 cm³/mol. The number of anilines is 1. The zero-order valence-corrected chi connectivity index (χ0v) is 17.3. The van der Waals surface area contributed by atoms with Crippen molar-refractivity contribution in [3.05, 3.63) is 23.0 Å². The lowest BCUT2D eigenvalue weighted by Crippen LogP contribution is -2.22. The van der Waals surface area contributed by atoms with Gasteiger partial charge in [-0.25, -0.2) is 4.39 Å². The summed E-state index contributed by atoms with van der Waals surface area (Å²) in [6.45, 7) is 7.86. The summed E-state index contributed by atoms with van der Waals surface area (Å²) in [4.78, 5) is 24.9. The van der Waals surface area contributed by atoms with Crippen LogP contribution in [-0.4, -0.2) is 23.7 Å². The molecule has 1 amide bonds. The molecule has 0 aliphatic carbocycles. The van der Waals surface area contributed by atoms with Crippen molar-refractivity contribution in [2.24, 2.45) is 5.92 Å². The standard InChI is InChI=1S/C19H27ClFNO3S/c1-5-9-16(19(24)25-8-4)26-17-11-15(14(21)10-13(17)20)22-18(23)12(6-2)7-3/h10-12,16H,5-9H2,1-4H3,(H,22,23). The van der Waals surface area contributed by atoms with Gasteiger partial charge in [-0.1, -0.05) is 38.8 Å². The molecule has 1 aromatic rings. The molecule has 1 unspecified atom stereocenters. The largest absolute Gasteiger partial charge is 0.465 e. The van der Waals surface area contributed by atoms with Gasteiger partial charge in [0.1, 0.15) is 11.1 Å². The molecule has 146 valence electrons. The zero-order valence-electron chi connectivity index (χ0n) is 15.7. The van der Waals surface area contributed by atoms with Crippen molar-refractivity contribution in [1.82, 2.24) is 0 Å². The first-order valence-electron chi connectivity index (χ1n) is 9.00. The number of thioether (sulfide) groups is 1. The Morgan fingerprint density at radius 3 is 2.42 bits per heavy atom. The molecule has 26 heavy (non-hydrogen) atoms. The number of amides is 1. The highest BCUT2D eigenvalue weighted by Crippen LogP contribution is 2.36. The Hall–Kier alpha value is -1.27. The van der Waals surface area contributed by atoms with Crippen LogP contribution in [0.3, 0.4) is 0 Å². The Balaban J connectivity index is 3.05. The van der Waals surface area contributed by atoms with E-state index in [4.69, 9.17) is 16.3 Å². The van der Waals surface area contributed by atoms with Crippen molar-refractivity contribution in [3.63, 3.8) is 0 Å². The maximum atomic E-state index is 14.2. The van der Waals surface area contributed by atoms with E-state index in [0.29, 0.717) is 30.8 Å². The molecule has 1 rings (SSSR count). The van der Waals surface area contributed by atoms with Gasteiger partial charge in [0.05, 0.1) is 17.3 Å². The van der Waals surface area contributed by atoms with Gasteiger partial charge in [0, 0.05) is 10.8 Å². The molecule has 0 saturated heterocycles. The molecule has 0 fully saturated rings. The molecule has 0 spiro atoms. The fraction of sp³-hybridized carbons (Fsp3) is 0.579. The maximum Gasteiger partial charge on any atom is 0.319 e. The first-order valence-corrected chi connectivity index (χ1v) is 10.3. The average Bonchev–Trinajstić information content (AvgIpc) is 2.59. The van der Waals surface area contributed by atoms with Crippen molar-refractivity contribution in [1.29, 1.82) is 0 Å². The predicted octanol–water partition coefficient (Wildman–Crippen LogP) is 5.68. The normalized spacial score (nSPS) is 12.1. The third kappa shape index (κ3) is 6.47. The van der Waals surface area contributed by atoms with Crippen LogP contribution in [0.25, 0.3) is 0 Å². The van der Waals surface area contributed by atoms with Crippen LogP contribution in [0.5, 0.6) is 0 Å². The molecular formula is C19H27ClFNO3S. The van der Waals surface area contributed by atoms with Gasteiger partial charge < -0.3 is 10.1 Å². The minimum Gasteiger partial charge on any atom is -0.465 e. The van der Waals surface area contributed by atoms with E-state index in [-0.39, 0.29) is 28.5 Å². The van der Waals surface area contributed by atoms with Gasteiger partial charge in [0.15, 0.2) is 0 Å². The average molecular weight is 404 g/mol. The second-order valence-corrected chi connectivity index (χ2v) is 7.56. The van der Waals surface area contributed by atoms with Crippen molar-refractivity contribution >= 4 is 40.9 Å². The highest BCUT2D eigenvalue weighted by Gasteiger charge is 2.23. The zero-order chi connectivity index (χ0) is 19.7. The maximum absolute atomic E-state index is 14.2. The second kappa shape index (κ2) is 11.4. The third-order valence-corrected chi connectivity index (χ3v) is 5.73. The van der Waals surface area contributed by atoms with Crippen LogP contribution in [0.15, 0.2) is 17.0 Å². The van der Waals surface area contributed by atoms with E-state index in [9.17, 15) is 14.0 Å². The van der Waals surface area contributed by atoms with Gasteiger partial charge in [0.2, 0.25) is 5.91 Å². The highest BCUT2D eigenvalue weighted by atomic mass is 35.5. The molecule has 0 saturated carbocycles. The molecule has 1 N–H and O–H groups in total. The minimum atomic E-state index is -0.596. The molecule has 4 nitrogen and oxygen atoms in total. The number of rotatable bonds is 10. The Kier molecular flexibility index (Phi) is 10.0. The van der Waals surface area contributed by atoms with Crippen molar-refractivity contribution in [2.45, 2.75) is 63.5 Å². The van der Waals surface area contributed by atoms with E-state index in [2.05, 4.69) is 5.32 Å². The van der Waals surface area contributed by atoms with Gasteiger partial charge in [-0.3, -0.25) is 9.59 Å². The van der Waals surface area contributed by atoms with Crippen LogP contribution < -0.4 is 5.32 Å². The number of benzene rings is 1. The number of ether oxygens (including phenoxy) is 1. The lowest BCUT2D eigenvalue weighted by Gasteiger charge is -2.17. The molecule has 1 atom stereocenters. The summed E-state index contributed by atoms with van der Waals surface area (Å²) < 4.78 is 19.3. The molecular weight excluding hydrogens is 377 g/mol. The topological polar surface area (TPSA) is 55.4 Å². The Morgan fingerprint density at radius 1 is 1.23 bits per heavy atom. The number of hydrogen-bond acceptors (Lipinski definition) is 4. The van der Waals surface area contributed by atoms with E-state index in [1.165, 1.54) is 23.9 Å². The molecule has 0 aliphatic rings. The molecule has 7 heteroatoms. The molecule has 0 radical (unpaired) electrons. The fourth-order valence-corrected chi connectivity index (χ4v) is 3.95. The molecule has 0 heterocycles. The van der Waals surface area contributed by atoms with Gasteiger partial charge in [-0.15, -0.1) is 11.8 Å². The van der Waals surface area contributed by atoms with E-state index < -0.39 is 11.1 Å². The highest BCUT2D eigenvalue weighted by molar-refractivity contribution is 8.00. The smallest absolute Gasteiger partial charge is 0.319 e. The Morgan fingerprint density at radius 2 is 1.88 bits per heavy atom. The monoisotopic (exact) mass is 403 g/mol. The summed E-state index contributed by atoms with van der Waals surface area (Å²) in [7, 11) is 0. The summed E-state index contributed by atoms with van der Waals surface area (Å²) in [5, 5.41) is 2.42. The minimum absolute atomic E-state index is 0.0768. The summed E-state index contributed by atoms with van der Waals surface area (Å²) in [6.07, 6.45) is 2.78. The van der Waals surface area contributed by atoms with Crippen LogP contribution in [-0.2, 0) is 14.3 Å². The second-order valence-electron chi connectivity index (χ2n) is 5.91. The first kappa shape index (κ1) is 22.8. The van der Waals surface area contributed by atoms with E-state index in [0.717, 1.165) is 6.42 Å². The van der Waals surface area contributed by atoms with E-state index in [1.54, 1.807) is 6.92 Å².